The third kappa shape index (κ3) is 3.72. The van der Waals surface area contributed by atoms with Gasteiger partial charge in [-0.05, 0) is 37.3 Å². The van der Waals surface area contributed by atoms with Crippen LogP contribution in [0.2, 0.25) is 5.02 Å². The summed E-state index contributed by atoms with van der Waals surface area (Å²) in [6.45, 7) is 1.93. The van der Waals surface area contributed by atoms with Crippen LogP contribution in [-0.4, -0.2) is 6.04 Å². The minimum absolute atomic E-state index is 0.130. The van der Waals surface area contributed by atoms with Crippen molar-refractivity contribution < 1.29 is 4.74 Å². The molecule has 0 aliphatic carbocycles. The molecule has 0 heterocycles. The predicted octanol–water partition coefficient (Wildman–Crippen LogP) is 4.57. The molecule has 19 heavy (non-hydrogen) atoms. The minimum Gasteiger partial charge on any atom is -0.484 e. The van der Waals surface area contributed by atoms with E-state index in [0.717, 1.165) is 15.8 Å². The Morgan fingerprint density at radius 3 is 2.32 bits per heavy atom. The summed E-state index contributed by atoms with van der Waals surface area (Å²) in [5.41, 5.74) is 7.08. The summed E-state index contributed by atoms with van der Waals surface area (Å²) in [7, 11) is 0. The van der Waals surface area contributed by atoms with Crippen molar-refractivity contribution >= 4 is 27.5 Å². The molecular weight excluding hydrogens is 326 g/mol. The maximum Gasteiger partial charge on any atom is 0.140 e. The highest BCUT2D eigenvalue weighted by Gasteiger charge is 2.20. The highest BCUT2D eigenvalue weighted by atomic mass is 79.9. The first kappa shape index (κ1) is 14.4. The number of hydrogen-bond acceptors (Lipinski definition) is 2. The van der Waals surface area contributed by atoms with Crippen molar-refractivity contribution in [1.82, 2.24) is 0 Å². The van der Waals surface area contributed by atoms with Crippen molar-refractivity contribution in [2.75, 3.05) is 0 Å². The number of nitrogens with two attached hydrogens (primary N) is 1. The van der Waals surface area contributed by atoms with Gasteiger partial charge in [0.15, 0.2) is 0 Å². The zero-order valence-electron chi connectivity index (χ0n) is 10.5. The van der Waals surface area contributed by atoms with Crippen LogP contribution in [0.15, 0.2) is 53.0 Å². The largest absolute Gasteiger partial charge is 0.484 e. The van der Waals surface area contributed by atoms with E-state index in [1.807, 2.05) is 43.3 Å². The van der Waals surface area contributed by atoms with Gasteiger partial charge >= 0.3 is 0 Å². The van der Waals surface area contributed by atoms with Gasteiger partial charge in [-0.1, -0.05) is 45.7 Å². The molecule has 2 aromatic rings. The van der Waals surface area contributed by atoms with E-state index in [1.165, 1.54) is 0 Å². The topological polar surface area (TPSA) is 35.2 Å². The number of hydrogen-bond donors (Lipinski definition) is 1. The Hall–Kier alpha value is -1.03. The van der Waals surface area contributed by atoms with Crippen molar-refractivity contribution in [3.8, 4) is 5.75 Å². The van der Waals surface area contributed by atoms with Crippen LogP contribution in [0.3, 0.4) is 0 Å². The van der Waals surface area contributed by atoms with Crippen LogP contribution >= 0.6 is 27.5 Å². The molecule has 2 aromatic carbocycles. The predicted molar refractivity (Wildman–Crippen MR) is 82.6 cm³/mol. The molecule has 2 rings (SSSR count). The summed E-state index contributed by atoms with van der Waals surface area (Å²) >= 11 is 9.40. The van der Waals surface area contributed by atoms with Crippen LogP contribution in [0.4, 0.5) is 0 Å². The third-order valence-electron chi connectivity index (χ3n) is 2.77. The lowest BCUT2D eigenvalue weighted by molar-refractivity contribution is 0.179. The van der Waals surface area contributed by atoms with Gasteiger partial charge in [-0.3, -0.25) is 0 Å². The third-order valence-corrected chi connectivity index (χ3v) is 3.74. The highest BCUT2D eigenvalue weighted by molar-refractivity contribution is 9.10. The summed E-state index contributed by atoms with van der Waals surface area (Å²) in [4.78, 5) is 0. The Kier molecular flexibility index (Phi) is 4.86. The molecule has 0 fully saturated rings. The molecule has 0 aliphatic rings. The molecule has 0 aliphatic heterocycles. The molecule has 0 amide bonds. The molecule has 2 nitrogen and oxygen atoms in total. The van der Waals surface area contributed by atoms with Crippen molar-refractivity contribution in [1.29, 1.82) is 0 Å². The summed E-state index contributed by atoms with van der Waals surface area (Å²) in [5, 5.41) is 0.686. The van der Waals surface area contributed by atoms with Gasteiger partial charge in [-0.2, -0.15) is 0 Å². The van der Waals surface area contributed by atoms with Gasteiger partial charge in [0, 0.05) is 21.1 Å². The van der Waals surface area contributed by atoms with Gasteiger partial charge < -0.3 is 10.5 Å². The SMILES string of the molecule is CC(N)C(Oc1ccc(Cl)cc1)c1ccccc1Br. The fraction of sp³-hybridized carbons (Fsp3) is 0.200. The Morgan fingerprint density at radius 1 is 1.11 bits per heavy atom. The van der Waals surface area contributed by atoms with Crippen LogP contribution in [0, 0.1) is 0 Å². The van der Waals surface area contributed by atoms with Crippen LogP contribution in [0.1, 0.15) is 18.6 Å². The average Bonchev–Trinajstić information content (AvgIpc) is 2.39. The summed E-state index contributed by atoms with van der Waals surface area (Å²) in [5.74, 6) is 0.752. The Labute approximate surface area is 126 Å². The van der Waals surface area contributed by atoms with E-state index in [0.29, 0.717) is 5.02 Å². The van der Waals surface area contributed by atoms with Crippen LogP contribution in [0.25, 0.3) is 0 Å². The zero-order chi connectivity index (χ0) is 13.8. The lowest BCUT2D eigenvalue weighted by Gasteiger charge is -2.24. The minimum atomic E-state index is -0.211. The van der Waals surface area contributed by atoms with E-state index in [2.05, 4.69) is 15.9 Å². The molecule has 2 unspecified atom stereocenters. The first-order chi connectivity index (χ1) is 9.08. The van der Waals surface area contributed by atoms with E-state index >= 15 is 0 Å². The molecule has 0 bridgehead atoms. The van der Waals surface area contributed by atoms with Crippen molar-refractivity contribution in [3.05, 3.63) is 63.6 Å². The Balaban J connectivity index is 2.27. The molecular formula is C15H15BrClNO. The molecule has 0 saturated heterocycles. The maximum atomic E-state index is 6.04. The van der Waals surface area contributed by atoms with Crippen LogP contribution in [-0.2, 0) is 0 Å². The van der Waals surface area contributed by atoms with Crippen LogP contribution < -0.4 is 10.5 Å². The molecule has 0 spiro atoms. The zero-order valence-corrected chi connectivity index (χ0v) is 12.9. The number of rotatable bonds is 4. The second-order valence-corrected chi connectivity index (χ2v) is 5.66. The van der Waals surface area contributed by atoms with Gasteiger partial charge in [0.25, 0.3) is 0 Å². The lowest BCUT2D eigenvalue weighted by Crippen LogP contribution is -2.29. The Bertz CT molecular complexity index is 542. The number of halogens is 2. The second kappa shape index (κ2) is 6.42. The first-order valence-corrected chi connectivity index (χ1v) is 7.17. The van der Waals surface area contributed by atoms with E-state index in [9.17, 15) is 0 Å². The lowest BCUT2D eigenvalue weighted by atomic mass is 10.0. The van der Waals surface area contributed by atoms with Crippen molar-refractivity contribution in [3.63, 3.8) is 0 Å². The number of ether oxygens (including phenoxy) is 1. The second-order valence-electron chi connectivity index (χ2n) is 4.37. The summed E-state index contributed by atoms with van der Waals surface area (Å²) < 4.78 is 6.98. The molecule has 4 heteroatoms. The van der Waals surface area contributed by atoms with Gasteiger partial charge in [-0.15, -0.1) is 0 Å². The highest BCUT2D eigenvalue weighted by Crippen LogP contribution is 2.30. The molecule has 0 aromatic heterocycles. The van der Waals surface area contributed by atoms with Crippen molar-refractivity contribution in [2.45, 2.75) is 19.1 Å². The van der Waals surface area contributed by atoms with E-state index < -0.39 is 0 Å². The maximum absolute atomic E-state index is 6.04. The van der Waals surface area contributed by atoms with Crippen LogP contribution in [0.5, 0.6) is 5.75 Å². The van der Waals surface area contributed by atoms with E-state index in [1.54, 1.807) is 12.1 Å². The van der Waals surface area contributed by atoms with Gasteiger partial charge in [0.2, 0.25) is 0 Å². The molecule has 100 valence electrons. The number of benzene rings is 2. The Morgan fingerprint density at radius 2 is 1.74 bits per heavy atom. The normalized spacial score (nSPS) is 13.9. The fourth-order valence-electron chi connectivity index (χ4n) is 1.82. The smallest absolute Gasteiger partial charge is 0.140 e. The first-order valence-electron chi connectivity index (χ1n) is 6.00. The van der Waals surface area contributed by atoms with E-state index in [4.69, 9.17) is 22.1 Å². The molecule has 2 N–H and O–H groups in total. The molecule has 2 atom stereocenters. The summed E-state index contributed by atoms with van der Waals surface area (Å²) in [6, 6.07) is 15.1. The monoisotopic (exact) mass is 339 g/mol. The average molecular weight is 341 g/mol. The summed E-state index contributed by atoms with van der Waals surface area (Å²) in [6.07, 6.45) is -0.211. The van der Waals surface area contributed by atoms with Crippen molar-refractivity contribution in [2.24, 2.45) is 5.73 Å². The van der Waals surface area contributed by atoms with Gasteiger partial charge in [-0.25, -0.2) is 0 Å². The standard InChI is InChI=1S/C15H15BrClNO/c1-10(18)15(13-4-2-3-5-14(13)16)19-12-8-6-11(17)7-9-12/h2-10,15H,18H2,1H3. The quantitative estimate of drug-likeness (QED) is 0.885. The van der Waals surface area contributed by atoms with Gasteiger partial charge in [0.1, 0.15) is 11.9 Å². The van der Waals surface area contributed by atoms with Gasteiger partial charge in [0.05, 0.1) is 0 Å². The fourth-order valence-corrected chi connectivity index (χ4v) is 2.46. The van der Waals surface area contributed by atoms with E-state index in [-0.39, 0.29) is 12.1 Å². The molecule has 0 radical (unpaired) electrons. The molecule has 0 saturated carbocycles.